The van der Waals surface area contributed by atoms with E-state index in [0.29, 0.717) is 18.5 Å². The molecule has 6 heteroatoms. The lowest BCUT2D eigenvalue weighted by Gasteiger charge is -2.26. The van der Waals surface area contributed by atoms with Crippen molar-refractivity contribution in [2.24, 2.45) is 11.8 Å². The average Bonchev–Trinajstić information content (AvgIpc) is 2.42. The van der Waals surface area contributed by atoms with E-state index in [0.717, 1.165) is 27.4 Å². The Morgan fingerprint density at radius 3 is 2.33 bits per heavy atom. The Balaban J connectivity index is 2.10. The van der Waals surface area contributed by atoms with Crippen molar-refractivity contribution >= 4 is 49.4 Å². The van der Waals surface area contributed by atoms with E-state index in [1.54, 1.807) is 0 Å². The topological polar surface area (TPSA) is 66.4 Å². The number of nitrogens with one attached hydrogen (secondary N) is 1. The van der Waals surface area contributed by atoms with Crippen molar-refractivity contribution in [3.63, 3.8) is 0 Å². The summed E-state index contributed by atoms with van der Waals surface area (Å²) < 4.78 is 1.63. The lowest BCUT2D eigenvalue weighted by molar-refractivity contribution is -0.143. The normalized spacial score (nSPS) is 21.9. The molecule has 0 aliphatic heterocycles. The van der Waals surface area contributed by atoms with Gasteiger partial charge in [-0.1, -0.05) is 6.42 Å². The summed E-state index contributed by atoms with van der Waals surface area (Å²) in [7, 11) is 0. The van der Waals surface area contributed by atoms with Gasteiger partial charge < -0.3 is 10.4 Å². The number of carbonyl (C=O) groups excluding carboxylic acids is 1. The van der Waals surface area contributed by atoms with Gasteiger partial charge >= 0.3 is 5.97 Å². The van der Waals surface area contributed by atoms with Gasteiger partial charge in [0.2, 0.25) is 5.91 Å². The van der Waals surface area contributed by atoms with E-state index in [4.69, 9.17) is 5.11 Å². The number of halogens is 2. The number of aryl methyl sites for hydroxylation is 1. The zero-order valence-corrected chi connectivity index (χ0v) is 14.8. The second-order valence-electron chi connectivity index (χ2n) is 5.49. The number of hydrogen-bond acceptors (Lipinski definition) is 2. The van der Waals surface area contributed by atoms with Crippen LogP contribution in [0.5, 0.6) is 0 Å². The number of amides is 1. The van der Waals surface area contributed by atoms with Crippen LogP contribution in [-0.4, -0.2) is 17.0 Å². The summed E-state index contributed by atoms with van der Waals surface area (Å²) in [5, 5.41) is 12.0. The lowest BCUT2D eigenvalue weighted by Crippen LogP contribution is -2.31. The van der Waals surface area contributed by atoms with Gasteiger partial charge in [0.1, 0.15) is 0 Å². The zero-order chi connectivity index (χ0) is 15.6. The molecule has 1 fully saturated rings. The van der Waals surface area contributed by atoms with E-state index < -0.39 is 11.9 Å². The van der Waals surface area contributed by atoms with Crippen LogP contribution in [0.15, 0.2) is 21.1 Å². The van der Waals surface area contributed by atoms with Crippen molar-refractivity contribution in [2.45, 2.75) is 32.6 Å². The molecule has 2 unspecified atom stereocenters. The third-order valence-corrected chi connectivity index (χ3v) is 5.08. The Hall–Kier alpha value is -0.880. The fourth-order valence-corrected chi connectivity index (χ4v) is 4.31. The second kappa shape index (κ2) is 6.92. The molecule has 0 radical (unpaired) electrons. The molecule has 1 aromatic carbocycles. The summed E-state index contributed by atoms with van der Waals surface area (Å²) >= 11 is 6.89. The molecule has 0 aromatic heterocycles. The van der Waals surface area contributed by atoms with Crippen LogP contribution in [0.25, 0.3) is 0 Å². The number of rotatable bonds is 3. The third-order valence-electron chi connectivity index (χ3n) is 3.83. The van der Waals surface area contributed by atoms with E-state index in [9.17, 15) is 9.59 Å². The Bertz CT molecular complexity index is 551. The molecule has 21 heavy (non-hydrogen) atoms. The molecule has 2 rings (SSSR count). The standard InChI is InChI=1S/C15H17Br2NO3/c1-8-5-11(16)13(12(17)6-8)18-14(19)9-3-2-4-10(7-9)15(20)21/h5-6,9-10H,2-4,7H2,1H3,(H,18,19)(H,20,21). The smallest absolute Gasteiger partial charge is 0.306 e. The summed E-state index contributed by atoms with van der Waals surface area (Å²) in [6.45, 7) is 1.97. The molecular weight excluding hydrogens is 402 g/mol. The van der Waals surface area contributed by atoms with Gasteiger partial charge in [0, 0.05) is 14.9 Å². The summed E-state index contributed by atoms with van der Waals surface area (Å²) in [5.74, 6) is -1.55. The Kier molecular flexibility index (Phi) is 5.43. The Morgan fingerprint density at radius 1 is 1.19 bits per heavy atom. The highest BCUT2D eigenvalue weighted by atomic mass is 79.9. The molecule has 0 heterocycles. The Morgan fingerprint density at radius 2 is 1.76 bits per heavy atom. The van der Waals surface area contributed by atoms with Gasteiger partial charge in [0.05, 0.1) is 11.6 Å². The predicted octanol–water partition coefficient (Wildman–Crippen LogP) is 4.35. The number of anilines is 1. The number of carboxylic acid groups (broad SMARTS) is 1. The van der Waals surface area contributed by atoms with Crippen LogP contribution in [0, 0.1) is 18.8 Å². The highest BCUT2D eigenvalue weighted by Gasteiger charge is 2.31. The quantitative estimate of drug-likeness (QED) is 0.766. The summed E-state index contributed by atoms with van der Waals surface area (Å²) in [4.78, 5) is 23.5. The van der Waals surface area contributed by atoms with E-state index in [-0.39, 0.29) is 11.8 Å². The second-order valence-corrected chi connectivity index (χ2v) is 7.20. The van der Waals surface area contributed by atoms with Gasteiger partial charge in [-0.05, 0) is 75.7 Å². The molecule has 1 aliphatic rings. The van der Waals surface area contributed by atoms with E-state index in [1.807, 2.05) is 19.1 Å². The summed E-state index contributed by atoms with van der Waals surface area (Å²) in [6, 6.07) is 3.86. The number of carbonyl (C=O) groups is 2. The first-order valence-electron chi connectivity index (χ1n) is 6.87. The van der Waals surface area contributed by atoms with Gasteiger partial charge in [-0.25, -0.2) is 0 Å². The van der Waals surface area contributed by atoms with Crippen molar-refractivity contribution in [1.82, 2.24) is 0 Å². The monoisotopic (exact) mass is 417 g/mol. The first kappa shape index (κ1) is 16.5. The largest absolute Gasteiger partial charge is 0.481 e. The molecule has 0 spiro atoms. The van der Waals surface area contributed by atoms with Crippen LogP contribution >= 0.6 is 31.9 Å². The minimum Gasteiger partial charge on any atom is -0.481 e. The van der Waals surface area contributed by atoms with Crippen LogP contribution < -0.4 is 5.32 Å². The minimum atomic E-state index is -0.801. The first-order valence-corrected chi connectivity index (χ1v) is 8.46. The molecule has 0 bridgehead atoms. The molecule has 114 valence electrons. The molecular formula is C15H17Br2NO3. The van der Waals surface area contributed by atoms with Gasteiger partial charge in [0.15, 0.2) is 0 Å². The van der Waals surface area contributed by atoms with Gasteiger partial charge in [-0.3, -0.25) is 9.59 Å². The van der Waals surface area contributed by atoms with E-state index in [2.05, 4.69) is 37.2 Å². The third kappa shape index (κ3) is 4.07. The maximum Gasteiger partial charge on any atom is 0.306 e. The number of aliphatic carboxylic acids is 1. The average molecular weight is 419 g/mol. The van der Waals surface area contributed by atoms with Gasteiger partial charge in [0.25, 0.3) is 0 Å². The van der Waals surface area contributed by atoms with E-state index in [1.165, 1.54) is 0 Å². The number of carboxylic acids is 1. The maximum atomic E-state index is 12.4. The number of hydrogen-bond donors (Lipinski definition) is 2. The lowest BCUT2D eigenvalue weighted by atomic mass is 9.81. The Labute approximate surface area is 140 Å². The minimum absolute atomic E-state index is 0.105. The van der Waals surface area contributed by atoms with Crippen molar-refractivity contribution in [1.29, 1.82) is 0 Å². The number of benzene rings is 1. The highest BCUT2D eigenvalue weighted by Crippen LogP contribution is 2.35. The maximum absolute atomic E-state index is 12.4. The molecule has 2 atom stereocenters. The molecule has 0 saturated heterocycles. The highest BCUT2D eigenvalue weighted by molar-refractivity contribution is 9.11. The van der Waals surface area contributed by atoms with Gasteiger partial charge in [-0.15, -0.1) is 0 Å². The van der Waals surface area contributed by atoms with Crippen LogP contribution in [0.3, 0.4) is 0 Å². The SMILES string of the molecule is Cc1cc(Br)c(NC(=O)C2CCCC(C(=O)O)C2)c(Br)c1. The molecule has 4 nitrogen and oxygen atoms in total. The molecule has 1 saturated carbocycles. The molecule has 2 N–H and O–H groups in total. The van der Waals surface area contributed by atoms with Crippen molar-refractivity contribution in [3.8, 4) is 0 Å². The first-order chi connectivity index (χ1) is 9.88. The van der Waals surface area contributed by atoms with Crippen molar-refractivity contribution in [3.05, 3.63) is 26.6 Å². The fraction of sp³-hybridized carbons (Fsp3) is 0.467. The van der Waals surface area contributed by atoms with Crippen LogP contribution in [-0.2, 0) is 9.59 Å². The fourth-order valence-electron chi connectivity index (χ4n) is 2.70. The molecule has 1 amide bonds. The van der Waals surface area contributed by atoms with Crippen molar-refractivity contribution in [2.75, 3.05) is 5.32 Å². The van der Waals surface area contributed by atoms with Crippen LogP contribution in [0.2, 0.25) is 0 Å². The summed E-state index contributed by atoms with van der Waals surface area (Å²) in [5.41, 5.74) is 1.78. The van der Waals surface area contributed by atoms with Gasteiger partial charge in [-0.2, -0.15) is 0 Å². The van der Waals surface area contributed by atoms with Crippen LogP contribution in [0.1, 0.15) is 31.2 Å². The molecule has 1 aromatic rings. The predicted molar refractivity (Wildman–Crippen MR) is 88.3 cm³/mol. The molecule has 1 aliphatic carbocycles. The summed E-state index contributed by atoms with van der Waals surface area (Å²) in [6.07, 6.45) is 2.61. The van der Waals surface area contributed by atoms with Crippen molar-refractivity contribution < 1.29 is 14.7 Å². The zero-order valence-electron chi connectivity index (χ0n) is 11.7. The van der Waals surface area contributed by atoms with E-state index >= 15 is 0 Å². The van der Waals surface area contributed by atoms with Crippen LogP contribution in [0.4, 0.5) is 5.69 Å².